The first-order valence-electron chi connectivity index (χ1n) is 5.57. The van der Waals surface area contributed by atoms with Crippen LogP contribution in [0.15, 0.2) is 29.4 Å². The van der Waals surface area contributed by atoms with Crippen LogP contribution in [0.3, 0.4) is 0 Å². The molecule has 5 nitrogen and oxygen atoms in total. The number of hydrogen-bond donors (Lipinski definition) is 1. The Morgan fingerprint density at radius 3 is 2.65 bits per heavy atom. The first-order valence-corrected chi connectivity index (χ1v) is 6.45. The Morgan fingerprint density at radius 2 is 2.00 bits per heavy atom. The summed E-state index contributed by atoms with van der Waals surface area (Å²) in [4.78, 5) is 0. The van der Waals surface area contributed by atoms with Crippen molar-refractivity contribution >= 4 is 11.8 Å². The van der Waals surface area contributed by atoms with Crippen LogP contribution in [0.4, 0.5) is 0 Å². The van der Waals surface area contributed by atoms with Gasteiger partial charge >= 0.3 is 0 Å². The molecule has 0 radical (unpaired) electrons. The maximum atomic E-state index is 9.25. The van der Waals surface area contributed by atoms with Gasteiger partial charge in [0.15, 0.2) is 0 Å². The molecule has 1 aromatic heterocycles. The predicted molar refractivity (Wildman–Crippen MR) is 64.3 cm³/mol. The molecule has 2 aromatic rings. The van der Waals surface area contributed by atoms with E-state index in [-0.39, 0.29) is 5.75 Å². The van der Waals surface area contributed by atoms with E-state index in [1.54, 1.807) is 40.7 Å². The van der Waals surface area contributed by atoms with Crippen molar-refractivity contribution in [1.29, 1.82) is 0 Å². The van der Waals surface area contributed by atoms with Gasteiger partial charge in [-0.15, -0.1) is 5.10 Å². The average Bonchev–Trinajstić information content (AvgIpc) is 2.73. The molecule has 0 amide bonds. The van der Waals surface area contributed by atoms with Crippen molar-refractivity contribution in [3.8, 4) is 11.4 Å². The van der Waals surface area contributed by atoms with Crippen LogP contribution in [0.25, 0.3) is 5.69 Å². The SMILES string of the molecule is Oc1ccc(-n2nnnc2SC2CCC2)cc1. The largest absolute Gasteiger partial charge is 0.508 e. The number of aromatic nitrogens is 4. The number of aromatic hydroxyl groups is 1. The third-order valence-corrected chi connectivity index (χ3v) is 4.13. The number of nitrogens with zero attached hydrogens (tertiary/aromatic N) is 4. The van der Waals surface area contributed by atoms with Gasteiger partial charge < -0.3 is 5.11 Å². The van der Waals surface area contributed by atoms with Gasteiger partial charge in [0, 0.05) is 5.25 Å². The highest BCUT2D eigenvalue weighted by molar-refractivity contribution is 7.99. The van der Waals surface area contributed by atoms with E-state index in [4.69, 9.17) is 0 Å². The topological polar surface area (TPSA) is 63.8 Å². The van der Waals surface area contributed by atoms with E-state index in [0.717, 1.165) is 10.8 Å². The molecule has 0 atom stereocenters. The van der Waals surface area contributed by atoms with Crippen LogP contribution in [0.2, 0.25) is 0 Å². The van der Waals surface area contributed by atoms with Gasteiger partial charge in [-0.05, 0) is 47.5 Å². The quantitative estimate of drug-likeness (QED) is 0.900. The summed E-state index contributed by atoms with van der Waals surface area (Å²) in [6, 6.07) is 6.87. The molecule has 1 fully saturated rings. The zero-order chi connectivity index (χ0) is 11.7. The van der Waals surface area contributed by atoms with Crippen molar-refractivity contribution in [2.75, 3.05) is 0 Å². The van der Waals surface area contributed by atoms with Crippen molar-refractivity contribution in [2.24, 2.45) is 0 Å². The highest BCUT2D eigenvalue weighted by Crippen LogP contribution is 2.35. The van der Waals surface area contributed by atoms with Gasteiger partial charge in [0.05, 0.1) is 5.69 Å². The van der Waals surface area contributed by atoms with Gasteiger partial charge in [0.25, 0.3) is 0 Å². The highest BCUT2D eigenvalue weighted by atomic mass is 32.2. The molecule has 6 heteroatoms. The number of hydrogen-bond acceptors (Lipinski definition) is 5. The maximum absolute atomic E-state index is 9.25. The lowest BCUT2D eigenvalue weighted by Gasteiger charge is -2.23. The first kappa shape index (κ1) is 10.6. The van der Waals surface area contributed by atoms with Crippen LogP contribution >= 0.6 is 11.8 Å². The van der Waals surface area contributed by atoms with E-state index in [9.17, 15) is 5.11 Å². The van der Waals surface area contributed by atoms with Crippen molar-refractivity contribution in [3.05, 3.63) is 24.3 Å². The molecule has 0 unspecified atom stereocenters. The zero-order valence-corrected chi connectivity index (χ0v) is 9.97. The van der Waals surface area contributed by atoms with Gasteiger partial charge in [-0.25, -0.2) is 0 Å². The molecule has 3 rings (SSSR count). The lowest BCUT2D eigenvalue weighted by Crippen LogP contribution is -2.14. The maximum Gasteiger partial charge on any atom is 0.214 e. The Balaban J connectivity index is 1.86. The minimum atomic E-state index is 0.245. The molecule has 88 valence electrons. The summed E-state index contributed by atoms with van der Waals surface area (Å²) in [5.74, 6) is 0.245. The van der Waals surface area contributed by atoms with Gasteiger partial charge in [-0.2, -0.15) is 4.68 Å². The summed E-state index contributed by atoms with van der Waals surface area (Å²) >= 11 is 1.73. The lowest BCUT2D eigenvalue weighted by molar-refractivity contribution is 0.475. The Labute approximate surface area is 103 Å². The van der Waals surface area contributed by atoms with Crippen LogP contribution in [0, 0.1) is 0 Å². The summed E-state index contributed by atoms with van der Waals surface area (Å²) in [5, 5.41) is 22.5. The Hall–Kier alpha value is -1.56. The smallest absolute Gasteiger partial charge is 0.214 e. The second-order valence-electron chi connectivity index (χ2n) is 4.06. The zero-order valence-electron chi connectivity index (χ0n) is 9.15. The second-order valence-corrected chi connectivity index (χ2v) is 5.33. The number of thioether (sulfide) groups is 1. The summed E-state index contributed by atoms with van der Waals surface area (Å²) in [5.41, 5.74) is 0.870. The molecule has 1 aromatic carbocycles. The van der Waals surface area contributed by atoms with Gasteiger partial charge in [-0.3, -0.25) is 0 Å². The lowest BCUT2D eigenvalue weighted by atomic mass is 10.0. The summed E-state index contributed by atoms with van der Waals surface area (Å²) in [7, 11) is 0. The summed E-state index contributed by atoms with van der Waals surface area (Å²) in [6.45, 7) is 0. The third-order valence-electron chi connectivity index (χ3n) is 2.86. The van der Waals surface area contributed by atoms with Crippen molar-refractivity contribution in [3.63, 3.8) is 0 Å². The van der Waals surface area contributed by atoms with Crippen LogP contribution in [-0.2, 0) is 0 Å². The first-order chi connectivity index (χ1) is 8.33. The minimum Gasteiger partial charge on any atom is -0.508 e. The Morgan fingerprint density at radius 1 is 1.24 bits per heavy atom. The van der Waals surface area contributed by atoms with E-state index in [0.29, 0.717) is 5.25 Å². The van der Waals surface area contributed by atoms with Crippen molar-refractivity contribution < 1.29 is 5.11 Å². The number of phenolic OH excluding ortho intramolecular Hbond substituents is 1. The fourth-order valence-corrected chi connectivity index (χ4v) is 2.84. The number of phenols is 1. The normalized spacial score (nSPS) is 15.8. The summed E-state index contributed by atoms with van der Waals surface area (Å²) < 4.78 is 1.71. The fraction of sp³-hybridized carbons (Fsp3) is 0.364. The fourth-order valence-electron chi connectivity index (χ4n) is 1.65. The molecule has 1 aliphatic rings. The molecule has 0 spiro atoms. The van der Waals surface area contributed by atoms with Crippen LogP contribution in [-0.4, -0.2) is 30.6 Å². The average molecular weight is 248 g/mol. The van der Waals surface area contributed by atoms with E-state index >= 15 is 0 Å². The van der Waals surface area contributed by atoms with Gasteiger partial charge in [0.1, 0.15) is 5.75 Å². The second kappa shape index (κ2) is 4.37. The highest BCUT2D eigenvalue weighted by Gasteiger charge is 2.22. The molecule has 0 aliphatic heterocycles. The van der Waals surface area contributed by atoms with Gasteiger partial charge in [-0.1, -0.05) is 18.2 Å². The molecular formula is C11H12N4OS. The molecule has 1 saturated carbocycles. The number of benzene rings is 1. The van der Waals surface area contributed by atoms with Crippen LogP contribution < -0.4 is 0 Å². The van der Waals surface area contributed by atoms with E-state index in [1.807, 2.05) is 0 Å². The molecule has 1 N–H and O–H groups in total. The van der Waals surface area contributed by atoms with E-state index in [2.05, 4.69) is 15.5 Å². The summed E-state index contributed by atoms with van der Waals surface area (Å²) in [6.07, 6.45) is 3.79. The monoisotopic (exact) mass is 248 g/mol. The van der Waals surface area contributed by atoms with Crippen molar-refractivity contribution in [2.45, 2.75) is 29.7 Å². The molecule has 0 bridgehead atoms. The van der Waals surface area contributed by atoms with Crippen LogP contribution in [0.1, 0.15) is 19.3 Å². The molecular weight excluding hydrogens is 236 g/mol. The number of tetrazole rings is 1. The van der Waals surface area contributed by atoms with Crippen LogP contribution in [0.5, 0.6) is 5.75 Å². The molecule has 1 heterocycles. The van der Waals surface area contributed by atoms with Gasteiger partial charge in [0.2, 0.25) is 5.16 Å². The molecule has 1 aliphatic carbocycles. The Bertz CT molecular complexity index is 506. The molecule has 0 saturated heterocycles. The standard InChI is InChI=1S/C11H12N4OS/c16-9-6-4-8(5-7-9)15-11(12-13-14-15)17-10-2-1-3-10/h4-7,10,16H,1-3H2. The van der Waals surface area contributed by atoms with E-state index < -0.39 is 0 Å². The minimum absolute atomic E-state index is 0.245. The van der Waals surface area contributed by atoms with E-state index in [1.165, 1.54) is 19.3 Å². The Kier molecular flexibility index (Phi) is 2.72. The third kappa shape index (κ3) is 2.12. The van der Waals surface area contributed by atoms with Crippen molar-refractivity contribution in [1.82, 2.24) is 20.2 Å². The predicted octanol–water partition coefficient (Wildman–Crippen LogP) is 2.01. The number of rotatable bonds is 3. The molecule has 17 heavy (non-hydrogen) atoms.